The van der Waals surface area contributed by atoms with E-state index in [-0.39, 0.29) is 17.8 Å². The van der Waals surface area contributed by atoms with Crippen molar-refractivity contribution in [3.05, 3.63) is 11.4 Å². The highest BCUT2D eigenvalue weighted by molar-refractivity contribution is 7.99. The maximum Gasteiger partial charge on any atom is 0.321 e. The predicted molar refractivity (Wildman–Crippen MR) is 84.0 cm³/mol. The van der Waals surface area contributed by atoms with Crippen molar-refractivity contribution in [2.24, 2.45) is 0 Å². The Morgan fingerprint density at radius 2 is 2.23 bits per heavy atom. The molecule has 1 aliphatic rings. The first-order valence-electron chi connectivity index (χ1n) is 7.31. The molecular formula is C14H22N4O3S. The summed E-state index contributed by atoms with van der Waals surface area (Å²) in [5.74, 6) is -0.194. The van der Waals surface area contributed by atoms with Crippen LogP contribution in [0.25, 0.3) is 0 Å². The molecule has 1 fully saturated rings. The van der Waals surface area contributed by atoms with E-state index in [9.17, 15) is 9.59 Å². The lowest BCUT2D eigenvalue weighted by atomic mass is 10.2. The number of urea groups is 1. The van der Waals surface area contributed by atoms with E-state index in [1.807, 2.05) is 13.8 Å². The van der Waals surface area contributed by atoms with Crippen molar-refractivity contribution in [1.82, 2.24) is 20.2 Å². The van der Waals surface area contributed by atoms with Gasteiger partial charge in [-0.1, -0.05) is 11.8 Å². The van der Waals surface area contributed by atoms with Gasteiger partial charge in [-0.25, -0.2) is 9.78 Å². The Hall–Kier alpha value is -1.54. The fraction of sp³-hybridized carbons (Fsp3) is 0.643. The van der Waals surface area contributed by atoms with Crippen LogP contribution in [-0.4, -0.2) is 47.0 Å². The van der Waals surface area contributed by atoms with Gasteiger partial charge in [0, 0.05) is 19.3 Å². The monoisotopic (exact) mass is 326 g/mol. The number of aromatic nitrogens is 2. The number of aryl methyl sites for hydroxylation is 1. The van der Waals surface area contributed by atoms with Gasteiger partial charge in [0.15, 0.2) is 5.16 Å². The summed E-state index contributed by atoms with van der Waals surface area (Å²) in [6.07, 6.45) is 2.36. The molecule has 1 aromatic heterocycles. The van der Waals surface area contributed by atoms with Gasteiger partial charge < -0.3 is 14.6 Å². The summed E-state index contributed by atoms with van der Waals surface area (Å²) >= 11 is 1.33. The van der Waals surface area contributed by atoms with E-state index in [2.05, 4.69) is 20.2 Å². The summed E-state index contributed by atoms with van der Waals surface area (Å²) in [5, 5.41) is 5.38. The van der Waals surface area contributed by atoms with E-state index >= 15 is 0 Å². The molecule has 3 amide bonds. The largest absolute Gasteiger partial charge is 0.376 e. The van der Waals surface area contributed by atoms with E-state index in [1.165, 1.54) is 18.8 Å². The van der Waals surface area contributed by atoms with Gasteiger partial charge in [0.25, 0.3) is 0 Å². The van der Waals surface area contributed by atoms with Crippen LogP contribution in [0.4, 0.5) is 4.79 Å². The highest BCUT2D eigenvalue weighted by Gasteiger charge is 2.20. The maximum absolute atomic E-state index is 11.7. The molecule has 2 rings (SSSR count). The summed E-state index contributed by atoms with van der Waals surface area (Å²) in [5.41, 5.74) is 2.04. The topological polar surface area (TPSA) is 85.3 Å². The van der Waals surface area contributed by atoms with E-state index in [0.717, 1.165) is 42.5 Å². The molecule has 7 nitrogen and oxygen atoms in total. The van der Waals surface area contributed by atoms with Gasteiger partial charge in [-0.2, -0.15) is 0 Å². The molecule has 0 spiro atoms. The third-order valence-electron chi connectivity index (χ3n) is 3.65. The fourth-order valence-electron chi connectivity index (χ4n) is 2.30. The van der Waals surface area contributed by atoms with Crippen LogP contribution in [0.2, 0.25) is 0 Å². The number of imidazole rings is 1. The Morgan fingerprint density at radius 3 is 2.86 bits per heavy atom. The quantitative estimate of drug-likeness (QED) is 0.795. The lowest BCUT2D eigenvalue weighted by Crippen LogP contribution is -2.38. The van der Waals surface area contributed by atoms with Crippen LogP contribution in [0.5, 0.6) is 0 Å². The predicted octanol–water partition coefficient (Wildman–Crippen LogP) is 1.23. The zero-order valence-corrected chi connectivity index (χ0v) is 14.0. The minimum atomic E-state index is -0.499. The van der Waals surface area contributed by atoms with Crippen molar-refractivity contribution >= 4 is 23.7 Å². The van der Waals surface area contributed by atoms with Gasteiger partial charge >= 0.3 is 6.03 Å². The molecule has 1 atom stereocenters. The van der Waals surface area contributed by atoms with Crippen molar-refractivity contribution in [3.8, 4) is 0 Å². The Labute approximate surface area is 134 Å². The number of thioether (sulfide) groups is 1. The number of carbonyl (C=O) groups excluding carboxylic acids is 2. The number of hydrogen-bond donors (Lipinski definition) is 2. The molecule has 0 bridgehead atoms. The summed E-state index contributed by atoms with van der Waals surface area (Å²) in [6.45, 7) is 5.54. The molecule has 0 saturated carbocycles. The number of carbonyl (C=O) groups is 2. The molecule has 1 aromatic rings. The number of hydrogen-bond acceptors (Lipinski definition) is 5. The van der Waals surface area contributed by atoms with Gasteiger partial charge in [0.2, 0.25) is 5.91 Å². The van der Waals surface area contributed by atoms with Crippen molar-refractivity contribution < 1.29 is 14.3 Å². The first-order valence-corrected chi connectivity index (χ1v) is 8.29. The van der Waals surface area contributed by atoms with E-state index < -0.39 is 6.03 Å². The Morgan fingerprint density at radius 1 is 1.45 bits per heavy atom. The SMILES string of the molecule is CNC(=O)NC(=O)CSc1nc(C)c(C)n1C[C@@H]1CCCO1. The molecule has 8 heteroatoms. The Bertz CT molecular complexity index is 553. The number of rotatable bonds is 5. The molecule has 0 radical (unpaired) electrons. The first-order chi connectivity index (χ1) is 10.5. The smallest absolute Gasteiger partial charge is 0.321 e. The lowest BCUT2D eigenvalue weighted by Gasteiger charge is -2.14. The van der Waals surface area contributed by atoms with E-state index in [0.29, 0.717) is 0 Å². The third-order valence-corrected chi connectivity index (χ3v) is 4.62. The van der Waals surface area contributed by atoms with Gasteiger partial charge in [-0.05, 0) is 26.7 Å². The molecule has 2 heterocycles. The highest BCUT2D eigenvalue weighted by Crippen LogP contribution is 2.24. The van der Waals surface area contributed by atoms with Gasteiger partial charge in [-0.3, -0.25) is 10.1 Å². The van der Waals surface area contributed by atoms with E-state index in [1.54, 1.807) is 0 Å². The van der Waals surface area contributed by atoms with Gasteiger partial charge in [0.05, 0.1) is 24.1 Å². The molecule has 0 unspecified atom stereocenters. The van der Waals surface area contributed by atoms with Gasteiger partial charge in [-0.15, -0.1) is 0 Å². The number of imide groups is 1. The minimum Gasteiger partial charge on any atom is -0.376 e. The number of nitrogens with zero attached hydrogens (tertiary/aromatic N) is 2. The van der Waals surface area contributed by atoms with Crippen molar-refractivity contribution in [3.63, 3.8) is 0 Å². The second-order valence-electron chi connectivity index (χ2n) is 5.23. The van der Waals surface area contributed by atoms with Crippen LogP contribution in [0.1, 0.15) is 24.2 Å². The number of ether oxygens (including phenoxy) is 1. The Kier molecular flexibility index (Phi) is 5.84. The molecule has 0 aliphatic carbocycles. The molecule has 0 aromatic carbocycles. The second-order valence-corrected chi connectivity index (χ2v) is 6.17. The molecule has 1 saturated heterocycles. The molecule has 1 aliphatic heterocycles. The van der Waals surface area contributed by atoms with Crippen LogP contribution in [0.3, 0.4) is 0 Å². The molecule has 22 heavy (non-hydrogen) atoms. The minimum absolute atomic E-state index is 0.148. The zero-order chi connectivity index (χ0) is 16.1. The standard InChI is InChI=1S/C14H22N4O3S/c1-9-10(2)18(7-11-5-4-6-21-11)14(16-9)22-8-12(19)17-13(20)15-3/h11H,4-8H2,1-3H3,(H2,15,17,19,20)/t11-/m0/s1. The summed E-state index contributed by atoms with van der Waals surface area (Å²) < 4.78 is 7.78. The van der Waals surface area contributed by atoms with Crippen LogP contribution in [-0.2, 0) is 16.1 Å². The second kappa shape index (κ2) is 7.64. The zero-order valence-electron chi connectivity index (χ0n) is 13.1. The maximum atomic E-state index is 11.7. The summed E-state index contributed by atoms with van der Waals surface area (Å²) in [4.78, 5) is 27.3. The van der Waals surface area contributed by atoms with Crippen LogP contribution < -0.4 is 10.6 Å². The first kappa shape index (κ1) is 16.8. The van der Waals surface area contributed by atoms with Crippen LogP contribution >= 0.6 is 11.8 Å². The molecular weight excluding hydrogens is 304 g/mol. The fourth-order valence-corrected chi connectivity index (χ4v) is 3.20. The number of nitrogens with one attached hydrogen (secondary N) is 2. The summed E-state index contributed by atoms with van der Waals surface area (Å²) in [7, 11) is 1.47. The van der Waals surface area contributed by atoms with E-state index in [4.69, 9.17) is 4.74 Å². The van der Waals surface area contributed by atoms with Gasteiger partial charge in [0.1, 0.15) is 0 Å². The van der Waals surface area contributed by atoms with Crippen molar-refractivity contribution in [1.29, 1.82) is 0 Å². The highest BCUT2D eigenvalue weighted by atomic mass is 32.2. The Balaban J connectivity index is 1.99. The average Bonchev–Trinajstić information content (AvgIpc) is 3.09. The van der Waals surface area contributed by atoms with Crippen LogP contribution in [0, 0.1) is 13.8 Å². The molecule has 122 valence electrons. The van der Waals surface area contributed by atoms with Crippen molar-refractivity contribution in [2.75, 3.05) is 19.4 Å². The average molecular weight is 326 g/mol. The lowest BCUT2D eigenvalue weighted by molar-refractivity contribution is -0.117. The normalized spacial score (nSPS) is 17.5. The van der Waals surface area contributed by atoms with Crippen LogP contribution in [0.15, 0.2) is 5.16 Å². The molecule has 2 N–H and O–H groups in total. The summed E-state index contributed by atoms with van der Waals surface area (Å²) in [6, 6.07) is -0.499. The third kappa shape index (κ3) is 4.23. The number of amides is 3. The van der Waals surface area contributed by atoms with Crippen molar-refractivity contribution in [2.45, 2.75) is 44.5 Å².